The molecule has 0 aromatic carbocycles. The molecule has 23 heavy (non-hydrogen) atoms. The minimum atomic E-state index is -1.12. The lowest BCUT2D eigenvalue weighted by molar-refractivity contribution is -0.151. The molecule has 0 radical (unpaired) electrons. The molecule has 0 aromatic rings. The van der Waals surface area contributed by atoms with Gasteiger partial charge < -0.3 is 15.2 Å². The van der Waals surface area contributed by atoms with Gasteiger partial charge in [0.1, 0.15) is 17.3 Å². The summed E-state index contributed by atoms with van der Waals surface area (Å²) in [6.45, 7) is 4.56. The van der Waals surface area contributed by atoms with E-state index in [1.807, 2.05) is 0 Å². The highest BCUT2D eigenvalue weighted by atomic mass is 32.2. The second-order valence-electron chi connectivity index (χ2n) is 5.95. The molecule has 0 saturated heterocycles. The van der Waals surface area contributed by atoms with Gasteiger partial charge in [0.2, 0.25) is 0 Å². The summed E-state index contributed by atoms with van der Waals surface area (Å²) < 4.78 is 10.3. The SMILES string of the molecule is CCOC(=O)[C@H]1[C@H]2[C@@H]1[C@](N)(C(=O)OCC)C[C@H]2SC1=NCN=C1. The smallest absolute Gasteiger partial charge is 0.326 e. The van der Waals surface area contributed by atoms with Gasteiger partial charge >= 0.3 is 11.9 Å². The first-order valence-corrected chi connectivity index (χ1v) is 8.74. The molecule has 126 valence electrons. The zero-order chi connectivity index (χ0) is 16.6. The van der Waals surface area contributed by atoms with Gasteiger partial charge in [0.05, 0.1) is 25.3 Å². The fraction of sp³-hybridized carbons (Fsp3) is 0.733. The predicted molar refractivity (Wildman–Crippen MR) is 87.4 cm³/mol. The van der Waals surface area contributed by atoms with Gasteiger partial charge in [0, 0.05) is 11.2 Å². The number of aliphatic imine (C=N–C) groups is 2. The van der Waals surface area contributed by atoms with E-state index in [-0.39, 0.29) is 35.6 Å². The first-order valence-electron chi connectivity index (χ1n) is 7.86. The highest BCUT2D eigenvalue weighted by Crippen LogP contribution is 2.65. The normalized spacial score (nSPS) is 37.3. The Morgan fingerprint density at radius 1 is 1.39 bits per heavy atom. The molecule has 2 saturated carbocycles. The van der Waals surface area contributed by atoms with Crippen molar-refractivity contribution in [2.24, 2.45) is 33.5 Å². The van der Waals surface area contributed by atoms with Crippen LogP contribution in [0.5, 0.6) is 0 Å². The van der Waals surface area contributed by atoms with Crippen molar-refractivity contribution in [3.63, 3.8) is 0 Å². The number of nitrogens with zero attached hydrogens (tertiary/aromatic N) is 2. The maximum Gasteiger partial charge on any atom is 0.326 e. The Morgan fingerprint density at radius 3 is 2.74 bits per heavy atom. The Kier molecular flexibility index (Phi) is 4.46. The minimum Gasteiger partial charge on any atom is -0.466 e. The van der Waals surface area contributed by atoms with E-state index in [9.17, 15) is 9.59 Å². The van der Waals surface area contributed by atoms with Crippen LogP contribution in [0.15, 0.2) is 9.98 Å². The van der Waals surface area contributed by atoms with Crippen LogP contribution in [-0.2, 0) is 19.1 Å². The second-order valence-corrected chi connectivity index (χ2v) is 7.21. The van der Waals surface area contributed by atoms with E-state index in [1.165, 1.54) is 0 Å². The molecule has 0 aromatic heterocycles. The summed E-state index contributed by atoms with van der Waals surface area (Å²) in [6.07, 6.45) is 2.21. The van der Waals surface area contributed by atoms with E-state index in [0.29, 0.717) is 19.7 Å². The molecule has 0 unspecified atom stereocenters. The molecule has 7 nitrogen and oxygen atoms in total. The Bertz CT molecular complexity index is 579. The van der Waals surface area contributed by atoms with Crippen molar-refractivity contribution in [3.8, 4) is 0 Å². The maximum absolute atomic E-state index is 12.3. The van der Waals surface area contributed by atoms with Crippen LogP contribution >= 0.6 is 11.8 Å². The number of hydrogen-bond acceptors (Lipinski definition) is 8. The monoisotopic (exact) mass is 339 g/mol. The molecule has 2 fully saturated rings. The molecule has 0 amide bonds. The van der Waals surface area contributed by atoms with Crippen molar-refractivity contribution >= 4 is 35.0 Å². The number of nitrogens with two attached hydrogens (primary N) is 1. The molecule has 1 heterocycles. The van der Waals surface area contributed by atoms with Crippen molar-refractivity contribution in [2.75, 3.05) is 19.9 Å². The minimum absolute atomic E-state index is 0.0326. The molecular weight excluding hydrogens is 318 g/mol. The van der Waals surface area contributed by atoms with E-state index in [1.54, 1.807) is 31.8 Å². The summed E-state index contributed by atoms with van der Waals surface area (Å²) in [5, 5.41) is 0.878. The molecule has 2 N–H and O–H groups in total. The van der Waals surface area contributed by atoms with Crippen LogP contribution in [0.4, 0.5) is 0 Å². The molecule has 1 aliphatic heterocycles. The predicted octanol–water partition coefficient (Wildman–Crippen LogP) is 0.618. The lowest BCUT2D eigenvalue weighted by Gasteiger charge is -2.26. The van der Waals surface area contributed by atoms with Gasteiger partial charge in [-0.05, 0) is 26.2 Å². The van der Waals surface area contributed by atoms with Gasteiger partial charge in [0.25, 0.3) is 0 Å². The number of esters is 2. The third kappa shape index (κ3) is 2.78. The van der Waals surface area contributed by atoms with E-state index < -0.39 is 11.5 Å². The van der Waals surface area contributed by atoms with Gasteiger partial charge in [-0.3, -0.25) is 19.6 Å². The van der Waals surface area contributed by atoms with Crippen LogP contribution in [-0.4, -0.2) is 53.9 Å². The topological polar surface area (TPSA) is 103 Å². The zero-order valence-electron chi connectivity index (χ0n) is 13.2. The van der Waals surface area contributed by atoms with Gasteiger partial charge in [-0.15, -0.1) is 11.8 Å². The first-order chi connectivity index (χ1) is 11.0. The molecule has 0 bridgehead atoms. The van der Waals surface area contributed by atoms with Crippen LogP contribution in [0, 0.1) is 17.8 Å². The van der Waals surface area contributed by atoms with Crippen LogP contribution in [0.2, 0.25) is 0 Å². The summed E-state index contributed by atoms with van der Waals surface area (Å²) in [5.74, 6) is -1.20. The number of thioether (sulfide) groups is 1. The van der Waals surface area contributed by atoms with Gasteiger partial charge in [-0.2, -0.15) is 0 Å². The van der Waals surface area contributed by atoms with Gasteiger partial charge in [-0.25, -0.2) is 0 Å². The average Bonchev–Trinajstić information content (AvgIpc) is 2.94. The van der Waals surface area contributed by atoms with Crippen molar-refractivity contribution in [1.82, 2.24) is 0 Å². The third-order valence-electron chi connectivity index (χ3n) is 4.63. The Morgan fingerprint density at radius 2 is 2.13 bits per heavy atom. The molecule has 3 rings (SSSR count). The Labute approximate surface area is 139 Å². The van der Waals surface area contributed by atoms with Gasteiger partial charge in [-0.1, -0.05) is 0 Å². The van der Waals surface area contributed by atoms with Crippen LogP contribution < -0.4 is 5.73 Å². The fourth-order valence-corrected chi connectivity index (χ4v) is 5.14. The lowest BCUT2D eigenvalue weighted by Crippen LogP contribution is -2.51. The lowest BCUT2D eigenvalue weighted by atomic mass is 9.91. The van der Waals surface area contributed by atoms with Crippen LogP contribution in [0.25, 0.3) is 0 Å². The fourth-order valence-electron chi connectivity index (χ4n) is 3.71. The number of fused-ring (bicyclic) bond motifs is 1. The number of carbonyl (C=O) groups is 2. The Balaban J connectivity index is 1.79. The number of carbonyl (C=O) groups excluding carboxylic acids is 2. The number of hydrogen-bond donors (Lipinski definition) is 1. The average molecular weight is 339 g/mol. The summed E-state index contributed by atoms with van der Waals surface area (Å²) in [5.41, 5.74) is 5.27. The summed E-state index contributed by atoms with van der Waals surface area (Å²) in [7, 11) is 0. The summed E-state index contributed by atoms with van der Waals surface area (Å²) in [4.78, 5) is 32.9. The van der Waals surface area contributed by atoms with Crippen LogP contribution in [0.1, 0.15) is 20.3 Å². The standard InChI is InChI=1S/C15H21N3O4S/c1-3-21-13(19)11-10-8(23-9-6-17-7-18-9)5-15(16,12(10)11)14(20)22-4-2/h6,8,10-12H,3-5,7,16H2,1-2H3/t8-,10+,11+,12+,15+/m1/s1. The highest BCUT2D eigenvalue weighted by Gasteiger charge is 2.74. The molecule has 0 spiro atoms. The number of rotatable bonds is 5. The van der Waals surface area contributed by atoms with E-state index >= 15 is 0 Å². The molecular formula is C15H21N3O4S. The third-order valence-corrected chi connectivity index (χ3v) is 5.89. The van der Waals surface area contributed by atoms with E-state index in [0.717, 1.165) is 5.04 Å². The van der Waals surface area contributed by atoms with Gasteiger partial charge in [0.15, 0.2) is 0 Å². The highest BCUT2D eigenvalue weighted by molar-refractivity contribution is 8.16. The first kappa shape index (κ1) is 16.4. The molecule has 3 aliphatic rings. The van der Waals surface area contributed by atoms with Crippen molar-refractivity contribution < 1.29 is 19.1 Å². The second kappa shape index (κ2) is 6.24. The Hall–Kier alpha value is -1.41. The summed E-state index contributed by atoms with van der Waals surface area (Å²) >= 11 is 1.55. The molecule has 2 aliphatic carbocycles. The zero-order valence-corrected chi connectivity index (χ0v) is 14.0. The summed E-state index contributed by atoms with van der Waals surface area (Å²) in [6, 6.07) is 0. The quantitative estimate of drug-likeness (QED) is 0.737. The van der Waals surface area contributed by atoms with Crippen molar-refractivity contribution in [3.05, 3.63) is 0 Å². The molecule has 8 heteroatoms. The maximum atomic E-state index is 12.3. The van der Waals surface area contributed by atoms with E-state index in [2.05, 4.69) is 9.98 Å². The number of ether oxygens (including phenoxy) is 2. The largest absolute Gasteiger partial charge is 0.466 e. The van der Waals surface area contributed by atoms with E-state index in [4.69, 9.17) is 15.2 Å². The van der Waals surface area contributed by atoms with Crippen LogP contribution in [0.3, 0.4) is 0 Å². The van der Waals surface area contributed by atoms with Crippen molar-refractivity contribution in [2.45, 2.75) is 31.1 Å². The van der Waals surface area contributed by atoms with Crippen molar-refractivity contribution in [1.29, 1.82) is 0 Å². The molecule has 5 atom stereocenters.